The van der Waals surface area contributed by atoms with Gasteiger partial charge in [-0.1, -0.05) is 60.8 Å². The summed E-state index contributed by atoms with van der Waals surface area (Å²) in [5, 5.41) is 15.2. The highest BCUT2D eigenvalue weighted by Crippen LogP contribution is 2.27. The largest absolute Gasteiger partial charge is 0.212 e. The van der Waals surface area contributed by atoms with Gasteiger partial charge in [0.05, 0.1) is 15.8 Å². The van der Waals surface area contributed by atoms with Crippen molar-refractivity contribution in [3.8, 4) is 0 Å². The van der Waals surface area contributed by atoms with Crippen molar-refractivity contribution in [3.63, 3.8) is 0 Å². The van der Waals surface area contributed by atoms with Gasteiger partial charge in [-0.3, -0.25) is 0 Å². The Hall–Kier alpha value is -1.04. The summed E-state index contributed by atoms with van der Waals surface area (Å²) >= 11 is 13.7. The van der Waals surface area contributed by atoms with Crippen LogP contribution >= 0.6 is 35.0 Å². The maximum absolute atomic E-state index is 6.10. The monoisotopic (exact) mass is 354 g/mol. The lowest BCUT2D eigenvalue weighted by Gasteiger charge is -2.14. The summed E-state index contributed by atoms with van der Waals surface area (Å²) in [7, 11) is 0. The molecule has 1 aromatic heterocycles. The topological polar surface area (TPSA) is 43.1 Å². The summed E-state index contributed by atoms with van der Waals surface area (Å²) < 4.78 is 1.86. The highest BCUT2D eigenvalue weighted by molar-refractivity contribution is 7.99. The zero-order valence-corrected chi connectivity index (χ0v) is 14.5. The summed E-state index contributed by atoms with van der Waals surface area (Å²) in [5.74, 6) is 1.68. The molecule has 3 rings (SSSR count). The zero-order chi connectivity index (χ0) is 15.5. The van der Waals surface area contributed by atoms with Gasteiger partial charge in [-0.15, -0.1) is 10.2 Å². The van der Waals surface area contributed by atoms with Crippen molar-refractivity contribution in [3.05, 3.63) is 39.6 Å². The third-order valence-corrected chi connectivity index (χ3v) is 5.16. The van der Waals surface area contributed by atoms with Crippen molar-refractivity contribution in [1.82, 2.24) is 14.9 Å². The number of halogens is 2. The molecule has 1 aliphatic rings. The van der Waals surface area contributed by atoms with Crippen LogP contribution < -0.4 is 0 Å². The van der Waals surface area contributed by atoms with E-state index in [2.05, 4.69) is 17.1 Å². The molecule has 22 heavy (non-hydrogen) atoms. The molecular weight excluding hydrogens is 339 g/mol. The fraction of sp³-hybridized carbons (Fsp3) is 0.400. The SMILES string of the molecule is CCCCCc1nnc2n1N=C(c1ccc(Cl)c(Cl)c1)CS2. The van der Waals surface area contributed by atoms with E-state index in [4.69, 9.17) is 28.3 Å². The number of nitrogens with zero attached hydrogens (tertiary/aromatic N) is 4. The maximum atomic E-state index is 6.10. The average molecular weight is 355 g/mol. The van der Waals surface area contributed by atoms with E-state index in [1.807, 2.05) is 16.8 Å². The fourth-order valence-electron chi connectivity index (χ4n) is 2.27. The van der Waals surface area contributed by atoms with Crippen molar-refractivity contribution < 1.29 is 0 Å². The Bertz CT molecular complexity index is 712. The molecule has 0 aliphatic carbocycles. The van der Waals surface area contributed by atoms with Gasteiger partial charge in [0.25, 0.3) is 0 Å². The molecule has 0 saturated heterocycles. The van der Waals surface area contributed by atoms with Crippen molar-refractivity contribution in [2.45, 2.75) is 37.8 Å². The Labute approximate surface area is 143 Å². The van der Waals surface area contributed by atoms with Crippen LogP contribution in [0.2, 0.25) is 10.0 Å². The molecule has 0 saturated carbocycles. The van der Waals surface area contributed by atoms with Crippen LogP contribution in [0.3, 0.4) is 0 Å². The molecule has 4 nitrogen and oxygen atoms in total. The number of thioether (sulfide) groups is 1. The van der Waals surface area contributed by atoms with Crippen LogP contribution in [-0.2, 0) is 6.42 Å². The number of hydrogen-bond donors (Lipinski definition) is 0. The Morgan fingerprint density at radius 2 is 2.05 bits per heavy atom. The highest BCUT2D eigenvalue weighted by atomic mass is 35.5. The second-order valence-electron chi connectivity index (χ2n) is 5.13. The predicted molar refractivity (Wildman–Crippen MR) is 92.4 cm³/mol. The number of fused-ring (bicyclic) bond motifs is 1. The molecular formula is C15H16Cl2N4S. The summed E-state index contributed by atoms with van der Waals surface area (Å²) in [6.07, 6.45) is 4.39. The molecule has 7 heteroatoms. The molecule has 2 heterocycles. The summed E-state index contributed by atoms with van der Waals surface area (Å²) in [4.78, 5) is 0. The first-order valence-electron chi connectivity index (χ1n) is 7.29. The lowest BCUT2D eigenvalue weighted by Crippen LogP contribution is -2.14. The molecule has 0 amide bonds. The van der Waals surface area contributed by atoms with Crippen molar-refractivity contribution >= 4 is 40.7 Å². The summed E-state index contributed by atoms with van der Waals surface area (Å²) in [5.41, 5.74) is 1.95. The van der Waals surface area contributed by atoms with Gasteiger partial charge in [0, 0.05) is 17.7 Å². The Morgan fingerprint density at radius 1 is 1.18 bits per heavy atom. The van der Waals surface area contributed by atoms with Crippen LogP contribution in [0.15, 0.2) is 28.5 Å². The number of hydrogen-bond acceptors (Lipinski definition) is 4. The smallest absolute Gasteiger partial charge is 0.191 e. The van der Waals surface area contributed by atoms with Crippen LogP contribution in [0.25, 0.3) is 0 Å². The maximum Gasteiger partial charge on any atom is 0.212 e. The number of aryl methyl sites for hydroxylation is 1. The molecule has 1 aromatic carbocycles. The van der Waals surface area contributed by atoms with Gasteiger partial charge in [-0.25, -0.2) is 0 Å². The minimum Gasteiger partial charge on any atom is -0.191 e. The van der Waals surface area contributed by atoms with E-state index < -0.39 is 0 Å². The fourth-order valence-corrected chi connectivity index (χ4v) is 3.43. The molecule has 0 atom stereocenters. The van der Waals surface area contributed by atoms with Gasteiger partial charge in [0.15, 0.2) is 5.82 Å². The predicted octanol–water partition coefficient (Wildman–Crippen LogP) is 4.68. The van der Waals surface area contributed by atoms with E-state index >= 15 is 0 Å². The lowest BCUT2D eigenvalue weighted by atomic mass is 10.1. The molecule has 0 bridgehead atoms. The van der Waals surface area contributed by atoms with Crippen LogP contribution in [-0.4, -0.2) is 26.3 Å². The number of benzene rings is 1. The van der Waals surface area contributed by atoms with Crippen LogP contribution in [0, 0.1) is 0 Å². The van der Waals surface area contributed by atoms with Gasteiger partial charge in [0.1, 0.15) is 0 Å². The molecule has 116 valence electrons. The van der Waals surface area contributed by atoms with E-state index in [-0.39, 0.29) is 0 Å². The first-order chi connectivity index (χ1) is 10.7. The molecule has 1 aliphatic heterocycles. The zero-order valence-electron chi connectivity index (χ0n) is 12.2. The minimum atomic E-state index is 0.546. The lowest BCUT2D eigenvalue weighted by molar-refractivity contribution is 0.647. The van der Waals surface area contributed by atoms with Gasteiger partial charge >= 0.3 is 0 Å². The van der Waals surface area contributed by atoms with Gasteiger partial charge in [-0.2, -0.15) is 9.78 Å². The molecule has 0 radical (unpaired) electrons. The van der Waals surface area contributed by atoms with Crippen molar-refractivity contribution in [2.75, 3.05) is 5.75 Å². The highest BCUT2D eigenvalue weighted by Gasteiger charge is 2.19. The van der Waals surface area contributed by atoms with Crippen molar-refractivity contribution in [1.29, 1.82) is 0 Å². The van der Waals surface area contributed by atoms with E-state index in [1.54, 1.807) is 17.8 Å². The summed E-state index contributed by atoms with van der Waals surface area (Å²) in [6.45, 7) is 2.19. The molecule has 0 unspecified atom stereocenters. The Balaban J connectivity index is 1.88. The first kappa shape index (κ1) is 15.8. The third kappa shape index (κ3) is 3.31. The first-order valence-corrected chi connectivity index (χ1v) is 9.03. The molecule has 0 fully saturated rings. The van der Waals surface area contributed by atoms with Crippen LogP contribution in [0.5, 0.6) is 0 Å². The Kier molecular flexibility index (Phi) is 5.06. The number of rotatable bonds is 5. The van der Waals surface area contributed by atoms with Crippen LogP contribution in [0.1, 0.15) is 37.6 Å². The average Bonchev–Trinajstić information content (AvgIpc) is 2.93. The number of aromatic nitrogens is 3. The quantitative estimate of drug-likeness (QED) is 0.732. The Morgan fingerprint density at radius 3 is 2.82 bits per heavy atom. The number of unbranched alkanes of at least 4 members (excludes halogenated alkanes) is 2. The third-order valence-electron chi connectivity index (χ3n) is 3.49. The van der Waals surface area contributed by atoms with Gasteiger partial charge < -0.3 is 0 Å². The molecule has 0 N–H and O–H groups in total. The molecule has 0 spiro atoms. The minimum absolute atomic E-state index is 0.546. The van der Waals surface area contributed by atoms with Crippen LogP contribution in [0.4, 0.5) is 0 Å². The second kappa shape index (κ2) is 7.02. The second-order valence-corrected chi connectivity index (χ2v) is 6.89. The summed E-state index contributed by atoms with van der Waals surface area (Å²) in [6, 6.07) is 5.60. The normalized spacial score (nSPS) is 13.9. The van der Waals surface area contributed by atoms with E-state index in [0.717, 1.165) is 40.9 Å². The van der Waals surface area contributed by atoms with E-state index in [0.29, 0.717) is 10.0 Å². The molecule has 2 aromatic rings. The van der Waals surface area contributed by atoms with E-state index in [9.17, 15) is 0 Å². The van der Waals surface area contributed by atoms with Gasteiger partial charge in [-0.05, 0) is 18.6 Å². The van der Waals surface area contributed by atoms with Gasteiger partial charge in [0.2, 0.25) is 5.16 Å². The standard InChI is InChI=1S/C15H16Cl2N4S/c1-2-3-4-5-14-18-19-15-21(14)20-13(9-22-15)10-6-7-11(16)12(17)8-10/h6-8H,2-5,9H2,1H3. The van der Waals surface area contributed by atoms with Crippen molar-refractivity contribution in [2.24, 2.45) is 5.10 Å². The van der Waals surface area contributed by atoms with E-state index in [1.165, 1.54) is 12.8 Å².